The standard InChI is InChI=1S/C34H36FN3O6/c1-20-19-37(13-14-38(20)34(40)41)32-30(43-4)12-9-22(33(32)44-5)15-27-21(2)28(29-16-23(35)10-11-26(27)29)18-31(39)36-24-7-6-8-25(17-24)42-3/h6-12,15-17,20H,13-14,18-19H2,1-5H3,(H,36,39)(H,40,41). The summed E-state index contributed by atoms with van der Waals surface area (Å²) in [5, 5.41) is 12.5. The van der Waals surface area contributed by atoms with Crippen LogP contribution in [0.1, 0.15) is 37.0 Å². The van der Waals surface area contributed by atoms with E-state index in [9.17, 15) is 19.1 Å². The largest absolute Gasteiger partial charge is 0.497 e. The summed E-state index contributed by atoms with van der Waals surface area (Å²) < 4.78 is 31.5. The topological polar surface area (TPSA) is 101 Å². The van der Waals surface area contributed by atoms with Crippen LogP contribution in [0.4, 0.5) is 20.6 Å². The molecule has 1 aliphatic carbocycles. The molecule has 5 rings (SSSR count). The van der Waals surface area contributed by atoms with E-state index in [1.807, 2.05) is 32.1 Å². The second kappa shape index (κ2) is 12.7. The highest BCUT2D eigenvalue weighted by Gasteiger charge is 2.32. The summed E-state index contributed by atoms with van der Waals surface area (Å²) >= 11 is 0. The fraction of sp³-hybridized carbons (Fsp3) is 0.294. The van der Waals surface area contributed by atoms with Gasteiger partial charge in [-0.25, -0.2) is 9.18 Å². The van der Waals surface area contributed by atoms with Gasteiger partial charge in [-0.15, -0.1) is 0 Å². The Morgan fingerprint density at radius 3 is 2.50 bits per heavy atom. The molecule has 0 bridgehead atoms. The van der Waals surface area contributed by atoms with Crippen LogP contribution in [0.5, 0.6) is 17.2 Å². The van der Waals surface area contributed by atoms with E-state index in [1.165, 1.54) is 17.0 Å². The molecule has 9 nitrogen and oxygen atoms in total. The van der Waals surface area contributed by atoms with Gasteiger partial charge < -0.3 is 34.4 Å². The molecule has 2 N–H and O–H groups in total. The number of ether oxygens (including phenoxy) is 3. The molecule has 1 saturated heterocycles. The van der Waals surface area contributed by atoms with Crippen molar-refractivity contribution in [2.24, 2.45) is 0 Å². The van der Waals surface area contributed by atoms with Gasteiger partial charge in [-0.2, -0.15) is 0 Å². The number of carboxylic acid groups (broad SMARTS) is 1. The van der Waals surface area contributed by atoms with Crippen LogP contribution in [0.2, 0.25) is 0 Å². The van der Waals surface area contributed by atoms with E-state index < -0.39 is 6.09 Å². The van der Waals surface area contributed by atoms with Crippen LogP contribution in [0, 0.1) is 5.82 Å². The van der Waals surface area contributed by atoms with Gasteiger partial charge in [-0.05, 0) is 84.2 Å². The van der Waals surface area contributed by atoms with Gasteiger partial charge in [-0.1, -0.05) is 12.1 Å². The van der Waals surface area contributed by atoms with Gasteiger partial charge in [0.2, 0.25) is 5.91 Å². The zero-order chi connectivity index (χ0) is 31.5. The smallest absolute Gasteiger partial charge is 0.407 e. The van der Waals surface area contributed by atoms with E-state index in [0.717, 1.165) is 33.5 Å². The van der Waals surface area contributed by atoms with Gasteiger partial charge in [0.1, 0.15) is 23.0 Å². The molecule has 2 amide bonds. The molecule has 2 aliphatic rings. The summed E-state index contributed by atoms with van der Waals surface area (Å²) in [4.78, 5) is 28.3. The number of methoxy groups -OCH3 is 3. The lowest BCUT2D eigenvalue weighted by molar-refractivity contribution is -0.115. The van der Waals surface area contributed by atoms with Gasteiger partial charge in [-0.3, -0.25) is 4.79 Å². The Morgan fingerprint density at radius 2 is 1.82 bits per heavy atom. The fourth-order valence-corrected chi connectivity index (χ4v) is 6.01. The zero-order valence-corrected chi connectivity index (χ0v) is 25.4. The quantitative estimate of drug-likeness (QED) is 0.308. The number of hydrogen-bond donors (Lipinski definition) is 2. The van der Waals surface area contributed by atoms with Crippen molar-refractivity contribution in [1.82, 2.24) is 4.90 Å². The summed E-state index contributed by atoms with van der Waals surface area (Å²) in [6.45, 7) is 5.08. The Balaban J connectivity index is 1.53. The Hall–Kier alpha value is -4.99. The van der Waals surface area contributed by atoms with Crippen molar-refractivity contribution in [2.75, 3.05) is 51.2 Å². The van der Waals surface area contributed by atoms with Gasteiger partial charge >= 0.3 is 6.09 Å². The van der Waals surface area contributed by atoms with Crippen molar-refractivity contribution < 1.29 is 33.3 Å². The molecule has 0 saturated carbocycles. The monoisotopic (exact) mass is 601 g/mol. The van der Waals surface area contributed by atoms with Crippen LogP contribution >= 0.6 is 0 Å². The molecule has 0 radical (unpaired) electrons. The first-order chi connectivity index (χ1) is 21.1. The number of hydrogen-bond acceptors (Lipinski definition) is 6. The number of amides is 2. The summed E-state index contributed by atoms with van der Waals surface area (Å²) in [5.74, 6) is 1.19. The molecule has 3 aromatic carbocycles. The Kier molecular flexibility index (Phi) is 8.80. The Morgan fingerprint density at radius 1 is 1.02 bits per heavy atom. The number of nitrogens with one attached hydrogen (secondary N) is 1. The molecule has 0 aromatic heterocycles. The predicted molar refractivity (Wildman–Crippen MR) is 169 cm³/mol. The molecule has 1 heterocycles. The van der Waals surface area contributed by atoms with Crippen molar-refractivity contribution in [3.63, 3.8) is 0 Å². The van der Waals surface area contributed by atoms with E-state index in [0.29, 0.717) is 48.1 Å². The minimum Gasteiger partial charge on any atom is -0.497 e. The lowest BCUT2D eigenvalue weighted by Crippen LogP contribution is -2.53. The summed E-state index contributed by atoms with van der Waals surface area (Å²) in [7, 11) is 4.74. The van der Waals surface area contributed by atoms with Gasteiger partial charge in [0.05, 0.1) is 27.8 Å². The fourth-order valence-electron chi connectivity index (χ4n) is 6.01. The second-order valence-electron chi connectivity index (χ2n) is 10.8. The van der Waals surface area contributed by atoms with Crippen molar-refractivity contribution >= 4 is 40.6 Å². The van der Waals surface area contributed by atoms with Crippen molar-refractivity contribution in [3.8, 4) is 17.2 Å². The maximum absolute atomic E-state index is 14.5. The summed E-state index contributed by atoms with van der Waals surface area (Å²) in [6, 6.07) is 15.3. The highest BCUT2D eigenvalue weighted by Crippen LogP contribution is 2.47. The lowest BCUT2D eigenvalue weighted by atomic mass is 9.99. The Bertz CT molecular complexity index is 1670. The molecular weight excluding hydrogens is 565 g/mol. The molecule has 1 atom stereocenters. The number of carbonyl (C=O) groups excluding carboxylic acids is 1. The first-order valence-corrected chi connectivity index (χ1v) is 14.3. The number of allylic oxidation sites excluding steroid dienone is 2. The van der Waals surface area contributed by atoms with Crippen LogP contribution in [0.3, 0.4) is 0 Å². The number of piperazine rings is 1. The molecule has 10 heteroatoms. The first-order valence-electron chi connectivity index (χ1n) is 14.3. The number of rotatable bonds is 8. The van der Waals surface area contributed by atoms with Crippen molar-refractivity contribution in [2.45, 2.75) is 26.3 Å². The highest BCUT2D eigenvalue weighted by atomic mass is 19.1. The number of benzene rings is 3. The molecule has 3 aromatic rings. The van der Waals surface area contributed by atoms with Crippen LogP contribution in [-0.2, 0) is 4.79 Å². The molecule has 44 heavy (non-hydrogen) atoms. The molecule has 1 unspecified atom stereocenters. The first kappa shape index (κ1) is 30.5. The van der Waals surface area contributed by atoms with E-state index in [1.54, 1.807) is 51.7 Å². The van der Waals surface area contributed by atoms with Gasteiger partial charge in [0, 0.05) is 43.0 Å². The van der Waals surface area contributed by atoms with Crippen LogP contribution in [-0.4, -0.2) is 69.0 Å². The minimum atomic E-state index is -0.943. The van der Waals surface area contributed by atoms with E-state index in [4.69, 9.17) is 14.2 Å². The second-order valence-corrected chi connectivity index (χ2v) is 10.8. The van der Waals surface area contributed by atoms with Crippen molar-refractivity contribution in [1.29, 1.82) is 0 Å². The SMILES string of the molecule is COc1cccc(NC(=O)CC2=C(C)C(=Cc3ccc(OC)c(N4CCN(C(=O)O)C(C)C4)c3OC)c3ccc(F)cc32)c1. The molecule has 1 aliphatic heterocycles. The van der Waals surface area contributed by atoms with Gasteiger partial charge in [0.25, 0.3) is 0 Å². The van der Waals surface area contributed by atoms with E-state index in [-0.39, 0.29) is 24.2 Å². The van der Waals surface area contributed by atoms with Crippen LogP contribution in [0.15, 0.2) is 60.2 Å². The Labute approximate surface area is 256 Å². The molecular formula is C34H36FN3O6. The number of anilines is 2. The number of nitrogens with zero attached hydrogens (tertiary/aromatic N) is 2. The maximum atomic E-state index is 14.5. The van der Waals surface area contributed by atoms with E-state index >= 15 is 0 Å². The highest BCUT2D eigenvalue weighted by molar-refractivity contribution is 6.10. The van der Waals surface area contributed by atoms with Gasteiger partial charge in [0.15, 0.2) is 5.75 Å². The van der Waals surface area contributed by atoms with E-state index in [2.05, 4.69) is 10.2 Å². The number of halogens is 1. The third-order valence-corrected chi connectivity index (χ3v) is 8.18. The normalized spacial score (nSPS) is 17.0. The molecule has 1 fully saturated rings. The predicted octanol–water partition coefficient (Wildman–Crippen LogP) is 6.40. The van der Waals surface area contributed by atoms with Crippen molar-refractivity contribution in [3.05, 3.63) is 82.7 Å². The lowest BCUT2D eigenvalue weighted by Gasteiger charge is -2.40. The average molecular weight is 602 g/mol. The third-order valence-electron chi connectivity index (χ3n) is 8.18. The summed E-state index contributed by atoms with van der Waals surface area (Å²) in [5.41, 5.74) is 6.03. The molecule has 0 spiro atoms. The zero-order valence-electron chi connectivity index (χ0n) is 25.4. The van der Waals surface area contributed by atoms with Crippen LogP contribution < -0.4 is 24.4 Å². The minimum absolute atomic E-state index is 0.0492. The molecule has 230 valence electrons. The third kappa shape index (κ3) is 5.92. The summed E-state index contributed by atoms with van der Waals surface area (Å²) in [6.07, 6.45) is 1.09. The average Bonchev–Trinajstić information content (AvgIpc) is 3.25. The van der Waals surface area contributed by atoms with Crippen LogP contribution in [0.25, 0.3) is 17.2 Å². The number of fused-ring (bicyclic) bond motifs is 1. The number of carbonyl (C=O) groups is 2. The maximum Gasteiger partial charge on any atom is 0.407 e.